The zero-order valence-corrected chi connectivity index (χ0v) is 13.9. The molecule has 0 aliphatic rings. The Morgan fingerprint density at radius 1 is 1.32 bits per heavy atom. The molecule has 0 radical (unpaired) electrons. The Hall–Kier alpha value is -0.790. The van der Waals surface area contributed by atoms with Crippen molar-refractivity contribution in [1.29, 1.82) is 0 Å². The maximum atomic E-state index is 6.42. The van der Waals surface area contributed by atoms with Gasteiger partial charge in [0, 0.05) is 6.04 Å². The smallest absolute Gasteiger partial charge is 0.0864 e. The Balaban J connectivity index is 2.47. The number of nitrogens with two attached hydrogens (primary N) is 1. The topological polar surface area (TPSA) is 69.6 Å². The molecule has 2 rings (SSSR count). The van der Waals surface area contributed by atoms with E-state index in [-0.39, 0.29) is 12.1 Å². The van der Waals surface area contributed by atoms with Gasteiger partial charge in [0.05, 0.1) is 33.0 Å². The molecule has 0 saturated carbocycles. The van der Waals surface area contributed by atoms with E-state index in [2.05, 4.69) is 58.3 Å². The van der Waals surface area contributed by atoms with Crippen molar-refractivity contribution in [1.82, 2.24) is 19.4 Å². The third kappa shape index (κ3) is 2.73. The van der Waals surface area contributed by atoms with Crippen LogP contribution in [-0.2, 0) is 0 Å². The summed E-state index contributed by atoms with van der Waals surface area (Å²) in [6.07, 6.45) is 1.79. The first kappa shape index (κ1) is 14.6. The molecular formula is C12H18BrN5S. The summed E-state index contributed by atoms with van der Waals surface area (Å²) in [5.74, 6) is 0.314. The molecule has 7 heteroatoms. The Morgan fingerprint density at radius 3 is 2.58 bits per heavy atom. The maximum absolute atomic E-state index is 6.42. The van der Waals surface area contributed by atoms with Crippen LogP contribution in [0, 0.1) is 0 Å². The molecular weight excluding hydrogens is 326 g/mol. The normalized spacial score (nSPS) is 13.5. The van der Waals surface area contributed by atoms with E-state index < -0.39 is 0 Å². The molecule has 0 amide bonds. The van der Waals surface area contributed by atoms with Crippen molar-refractivity contribution in [3.05, 3.63) is 26.9 Å². The monoisotopic (exact) mass is 343 g/mol. The van der Waals surface area contributed by atoms with Crippen LogP contribution in [-0.4, -0.2) is 19.4 Å². The van der Waals surface area contributed by atoms with Crippen molar-refractivity contribution in [3.8, 4) is 0 Å². The minimum absolute atomic E-state index is 0.253. The van der Waals surface area contributed by atoms with Crippen LogP contribution >= 0.6 is 27.5 Å². The highest BCUT2D eigenvalue weighted by molar-refractivity contribution is 9.10. The van der Waals surface area contributed by atoms with Crippen LogP contribution in [0.2, 0.25) is 0 Å². The SMILES string of the molecule is CC(C)c1nnsc1C(N)c1c(Br)cnn1C(C)C. The molecule has 5 nitrogen and oxygen atoms in total. The summed E-state index contributed by atoms with van der Waals surface area (Å²) in [6, 6.07) is 0.00686. The molecule has 0 spiro atoms. The van der Waals surface area contributed by atoms with Crippen LogP contribution in [0.4, 0.5) is 0 Å². The van der Waals surface area contributed by atoms with Gasteiger partial charge in [-0.1, -0.05) is 18.3 Å². The zero-order valence-electron chi connectivity index (χ0n) is 11.5. The van der Waals surface area contributed by atoms with Gasteiger partial charge in [0.15, 0.2) is 0 Å². The largest absolute Gasteiger partial charge is 0.318 e. The molecule has 2 aromatic heterocycles. The lowest BCUT2D eigenvalue weighted by molar-refractivity contribution is 0.498. The van der Waals surface area contributed by atoms with Crippen molar-refractivity contribution < 1.29 is 0 Å². The van der Waals surface area contributed by atoms with Gasteiger partial charge in [-0.05, 0) is 47.2 Å². The van der Waals surface area contributed by atoms with Crippen LogP contribution in [0.15, 0.2) is 10.7 Å². The molecule has 0 aliphatic carbocycles. The molecule has 19 heavy (non-hydrogen) atoms. The molecule has 0 aromatic carbocycles. The van der Waals surface area contributed by atoms with Gasteiger partial charge < -0.3 is 5.73 Å². The average Bonchev–Trinajstić information content (AvgIpc) is 2.93. The second-order valence-electron chi connectivity index (χ2n) is 5.07. The number of aromatic nitrogens is 4. The first-order chi connectivity index (χ1) is 8.93. The molecule has 0 aliphatic heterocycles. The van der Waals surface area contributed by atoms with Crippen LogP contribution in [0.1, 0.15) is 62.0 Å². The summed E-state index contributed by atoms with van der Waals surface area (Å²) in [7, 11) is 0. The fourth-order valence-electron chi connectivity index (χ4n) is 2.00. The molecule has 2 aromatic rings. The van der Waals surface area contributed by atoms with E-state index in [1.807, 2.05) is 4.68 Å². The Labute approximate surface area is 125 Å². The quantitative estimate of drug-likeness (QED) is 0.924. The van der Waals surface area contributed by atoms with Gasteiger partial charge >= 0.3 is 0 Å². The summed E-state index contributed by atoms with van der Waals surface area (Å²) < 4.78 is 6.92. The van der Waals surface area contributed by atoms with E-state index >= 15 is 0 Å². The number of rotatable bonds is 4. The third-order valence-electron chi connectivity index (χ3n) is 2.94. The van der Waals surface area contributed by atoms with Gasteiger partial charge in [-0.15, -0.1) is 5.10 Å². The van der Waals surface area contributed by atoms with Crippen molar-refractivity contribution in [2.75, 3.05) is 0 Å². The number of hydrogen-bond donors (Lipinski definition) is 1. The fourth-order valence-corrected chi connectivity index (χ4v) is 3.33. The molecule has 1 atom stereocenters. The van der Waals surface area contributed by atoms with E-state index in [1.165, 1.54) is 11.5 Å². The second-order valence-corrected chi connectivity index (χ2v) is 6.71. The first-order valence-electron chi connectivity index (χ1n) is 6.24. The molecule has 2 heterocycles. The van der Waals surface area contributed by atoms with Gasteiger partial charge in [0.1, 0.15) is 0 Å². The molecule has 104 valence electrons. The summed E-state index contributed by atoms with van der Waals surface area (Å²) in [5.41, 5.74) is 8.37. The van der Waals surface area contributed by atoms with Crippen LogP contribution in [0.5, 0.6) is 0 Å². The van der Waals surface area contributed by atoms with Gasteiger partial charge in [-0.2, -0.15) is 5.10 Å². The van der Waals surface area contributed by atoms with Crippen LogP contribution < -0.4 is 5.73 Å². The number of nitrogens with zero attached hydrogens (tertiary/aromatic N) is 4. The lowest BCUT2D eigenvalue weighted by Crippen LogP contribution is -2.19. The number of halogens is 1. The van der Waals surface area contributed by atoms with Crippen molar-refractivity contribution >= 4 is 27.5 Å². The van der Waals surface area contributed by atoms with E-state index in [1.54, 1.807) is 6.20 Å². The van der Waals surface area contributed by atoms with Gasteiger partial charge in [0.25, 0.3) is 0 Å². The van der Waals surface area contributed by atoms with Crippen molar-refractivity contribution in [2.45, 2.75) is 45.7 Å². The highest BCUT2D eigenvalue weighted by atomic mass is 79.9. The molecule has 0 fully saturated rings. The van der Waals surface area contributed by atoms with Gasteiger partial charge in [-0.25, -0.2) is 0 Å². The highest BCUT2D eigenvalue weighted by Crippen LogP contribution is 2.33. The average molecular weight is 344 g/mol. The van der Waals surface area contributed by atoms with Crippen molar-refractivity contribution in [3.63, 3.8) is 0 Å². The minimum Gasteiger partial charge on any atom is -0.318 e. The van der Waals surface area contributed by atoms with E-state index in [0.717, 1.165) is 20.7 Å². The molecule has 0 saturated heterocycles. The number of hydrogen-bond acceptors (Lipinski definition) is 5. The first-order valence-corrected chi connectivity index (χ1v) is 7.80. The summed E-state index contributed by atoms with van der Waals surface area (Å²) in [5, 5.41) is 8.57. The van der Waals surface area contributed by atoms with E-state index in [0.29, 0.717) is 5.92 Å². The summed E-state index contributed by atoms with van der Waals surface area (Å²) in [4.78, 5) is 1.01. The molecule has 2 N–H and O–H groups in total. The van der Waals surface area contributed by atoms with Crippen LogP contribution in [0.25, 0.3) is 0 Å². The Kier molecular flexibility index (Phi) is 4.37. The predicted octanol–water partition coefficient (Wildman–Crippen LogP) is 3.25. The summed E-state index contributed by atoms with van der Waals surface area (Å²) in [6.45, 7) is 8.37. The van der Waals surface area contributed by atoms with Crippen molar-refractivity contribution in [2.24, 2.45) is 5.73 Å². The highest BCUT2D eigenvalue weighted by Gasteiger charge is 2.25. The predicted molar refractivity (Wildman–Crippen MR) is 80.3 cm³/mol. The fraction of sp³-hybridized carbons (Fsp3) is 0.583. The molecule has 1 unspecified atom stereocenters. The molecule has 0 bridgehead atoms. The lowest BCUT2D eigenvalue weighted by Gasteiger charge is -2.17. The van der Waals surface area contributed by atoms with E-state index in [9.17, 15) is 0 Å². The maximum Gasteiger partial charge on any atom is 0.0864 e. The minimum atomic E-state index is -0.253. The zero-order chi connectivity index (χ0) is 14.2. The third-order valence-corrected chi connectivity index (χ3v) is 4.37. The Morgan fingerprint density at radius 2 is 2.00 bits per heavy atom. The standard InChI is InChI=1S/C12H18BrN5S/c1-6(2)10-12(19-17-16-10)9(14)11-8(13)5-15-18(11)7(3)4/h5-7,9H,14H2,1-4H3. The van der Waals surface area contributed by atoms with E-state index in [4.69, 9.17) is 5.73 Å². The Bertz CT molecular complexity index is 560. The second kappa shape index (κ2) is 5.68. The van der Waals surface area contributed by atoms with Crippen LogP contribution in [0.3, 0.4) is 0 Å². The van der Waals surface area contributed by atoms with Gasteiger partial charge in [-0.3, -0.25) is 4.68 Å². The lowest BCUT2D eigenvalue weighted by atomic mass is 10.0. The summed E-state index contributed by atoms with van der Waals surface area (Å²) >= 11 is 4.90. The van der Waals surface area contributed by atoms with Gasteiger partial charge in [0.2, 0.25) is 0 Å².